The van der Waals surface area contributed by atoms with Gasteiger partial charge < -0.3 is 4.90 Å². The van der Waals surface area contributed by atoms with Crippen LogP contribution in [0.1, 0.15) is 0 Å². The Kier molecular flexibility index (Phi) is 3.01. The van der Waals surface area contributed by atoms with Crippen molar-refractivity contribution in [2.24, 2.45) is 0 Å². The van der Waals surface area contributed by atoms with Crippen molar-refractivity contribution in [3.05, 3.63) is 35.6 Å². The van der Waals surface area contributed by atoms with Gasteiger partial charge in [0.15, 0.2) is 5.82 Å². The number of anilines is 1. The van der Waals surface area contributed by atoms with E-state index in [9.17, 15) is 0 Å². The Labute approximate surface area is 98.9 Å². The number of nitrogens with zero attached hydrogens (tertiary/aromatic N) is 4. The first-order valence-electron chi connectivity index (χ1n) is 4.79. The number of aromatic nitrogens is 3. The summed E-state index contributed by atoms with van der Waals surface area (Å²) < 4.78 is 0. The fourth-order valence-corrected chi connectivity index (χ4v) is 1.52. The minimum atomic E-state index is 0.701. The summed E-state index contributed by atoms with van der Waals surface area (Å²) in [4.78, 5) is 6.10. The van der Waals surface area contributed by atoms with Gasteiger partial charge in [-0.1, -0.05) is 23.7 Å². The Morgan fingerprint density at radius 2 is 1.81 bits per heavy atom. The van der Waals surface area contributed by atoms with Crippen LogP contribution in [-0.4, -0.2) is 29.3 Å². The lowest BCUT2D eigenvalue weighted by Gasteiger charge is -2.13. The monoisotopic (exact) mass is 234 g/mol. The molecule has 1 aromatic carbocycles. The van der Waals surface area contributed by atoms with Crippen LogP contribution in [-0.2, 0) is 0 Å². The van der Waals surface area contributed by atoms with Crippen molar-refractivity contribution in [3.63, 3.8) is 0 Å². The van der Waals surface area contributed by atoms with Gasteiger partial charge in [-0.25, -0.2) is 4.98 Å². The van der Waals surface area contributed by atoms with Crippen LogP contribution in [0.3, 0.4) is 0 Å². The highest BCUT2D eigenvalue weighted by Crippen LogP contribution is 2.25. The van der Waals surface area contributed by atoms with Crippen molar-refractivity contribution in [1.29, 1.82) is 0 Å². The summed E-state index contributed by atoms with van der Waals surface area (Å²) >= 11 is 5.84. The van der Waals surface area contributed by atoms with Gasteiger partial charge in [-0.15, -0.1) is 10.2 Å². The van der Waals surface area contributed by atoms with E-state index in [0.717, 1.165) is 17.1 Å². The number of rotatable bonds is 2. The molecule has 1 heterocycles. The van der Waals surface area contributed by atoms with Crippen LogP contribution in [0.25, 0.3) is 11.3 Å². The van der Waals surface area contributed by atoms with Gasteiger partial charge in [0, 0.05) is 24.7 Å². The van der Waals surface area contributed by atoms with Crippen molar-refractivity contribution in [1.82, 2.24) is 15.2 Å². The van der Waals surface area contributed by atoms with E-state index in [4.69, 9.17) is 11.6 Å². The molecule has 82 valence electrons. The summed E-state index contributed by atoms with van der Waals surface area (Å²) in [6, 6.07) is 7.46. The SMILES string of the molecule is CN(C)c1ncnnc1-c1ccc(Cl)cc1. The molecule has 0 radical (unpaired) electrons. The molecule has 5 heteroatoms. The summed E-state index contributed by atoms with van der Waals surface area (Å²) in [7, 11) is 3.84. The maximum atomic E-state index is 5.84. The number of halogens is 1. The van der Waals surface area contributed by atoms with Crippen LogP contribution in [0.15, 0.2) is 30.6 Å². The van der Waals surface area contributed by atoms with Gasteiger partial charge in [-0.2, -0.15) is 0 Å². The minimum absolute atomic E-state index is 0.701. The lowest BCUT2D eigenvalue weighted by molar-refractivity contribution is 0.941. The van der Waals surface area contributed by atoms with Gasteiger partial charge in [0.05, 0.1) is 0 Å². The van der Waals surface area contributed by atoms with Crippen molar-refractivity contribution in [2.75, 3.05) is 19.0 Å². The van der Waals surface area contributed by atoms with Gasteiger partial charge in [0.25, 0.3) is 0 Å². The number of hydrogen-bond donors (Lipinski definition) is 0. The molecule has 0 bridgehead atoms. The third-order valence-corrected chi connectivity index (χ3v) is 2.39. The lowest BCUT2D eigenvalue weighted by Crippen LogP contribution is -2.13. The summed E-state index contributed by atoms with van der Waals surface area (Å²) in [6.07, 6.45) is 1.44. The van der Waals surface area contributed by atoms with E-state index in [1.165, 1.54) is 6.33 Å². The first kappa shape index (κ1) is 10.8. The molecule has 2 aromatic rings. The molecule has 0 aliphatic heterocycles. The lowest BCUT2D eigenvalue weighted by atomic mass is 10.1. The van der Waals surface area contributed by atoms with Crippen LogP contribution in [0, 0.1) is 0 Å². The van der Waals surface area contributed by atoms with Crippen molar-refractivity contribution < 1.29 is 0 Å². The van der Waals surface area contributed by atoms with Crippen molar-refractivity contribution in [2.45, 2.75) is 0 Å². The highest BCUT2D eigenvalue weighted by atomic mass is 35.5. The molecule has 0 atom stereocenters. The van der Waals surface area contributed by atoms with Crippen LogP contribution in [0.4, 0.5) is 5.82 Å². The summed E-state index contributed by atoms with van der Waals surface area (Å²) in [5.74, 6) is 0.789. The third-order valence-electron chi connectivity index (χ3n) is 2.14. The molecular weight excluding hydrogens is 224 g/mol. The van der Waals surface area contributed by atoms with Crippen LogP contribution in [0.5, 0.6) is 0 Å². The van der Waals surface area contributed by atoms with E-state index >= 15 is 0 Å². The Balaban J connectivity index is 2.51. The minimum Gasteiger partial charge on any atom is -0.361 e. The Morgan fingerprint density at radius 1 is 1.12 bits per heavy atom. The van der Waals surface area contributed by atoms with E-state index in [0.29, 0.717) is 5.02 Å². The molecular formula is C11H11ClN4. The standard InChI is InChI=1S/C11H11ClN4/c1-16(2)11-10(15-14-7-13-11)8-3-5-9(12)6-4-8/h3-7H,1-2H3. The van der Waals surface area contributed by atoms with E-state index in [2.05, 4.69) is 15.2 Å². The molecule has 0 N–H and O–H groups in total. The molecule has 0 saturated carbocycles. The van der Waals surface area contributed by atoms with Gasteiger partial charge in [-0.3, -0.25) is 0 Å². The molecule has 0 aliphatic rings. The second-order valence-electron chi connectivity index (χ2n) is 3.53. The van der Waals surface area contributed by atoms with Crippen LogP contribution >= 0.6 is 11.6 Å². The average molecular weight is 235 g/mol. The molecule has 0 unspecified atom stereocenters. The normalized spacial score (nSPS) is 10.2. The van der Waals surface area contributed by atoms with Crippen molar-refractivity contribution >= 4 is 17.4 Å². The molecule has 0 aliphatic carbocycles. The number of benzene rings is 1. The fraction of sp³-hybridized carbons (Fsp3) is 0.182. The van der Waals surface area contributed by atoms with E-state index in [1.54, 1.807) is 0 Å². The summed E-state index contributed by atoms with van der Waals surface area (Å²) in [6.45, 7) is 0. The Morgan fingerprint density at radius 3 is 2.44 bits per heavy atom. The second kappa shape index (κ2) is 4.45. The zero-order valence-corrected chi connectivity index (χ0v) is 9.81. The summed E-state index contributed by atoms with van der Waals surface area (Å²) in [5.41, 5.74) is 1.71. The maximum Gasteiger partial charge on any atom is 0.158 e. The van der Waals surface area contributed by atoms with Crippen LogP contribution < -0.4 is 4.90 Å². The quantitative estimate of drug-likeness (QED) is 0.799. The van der Waals surface area contributed by atoms with E-state index < -0.39 is 0 Å². The predicted molar refractivity (Wildman–Crippen MR) is 64.6 cm³/mol. The molecule has 0 fully saturated rings. The largest absolute Gasteiger partial charge is 0.361 e. The summed E-state index contributed by atoms with van der Waals surface area (Å²) in [5, 5.41) is 8.61. The first-order valence-corrected chi connectivity index (χ1v) is 5.17. The van der Waals surface area contributed by atoms with Gasteiger partial charge >= 0.3 is 0 Å². The molecule has 0 saturated heterocycles. The Bertz CT molecular complexity index is 482. The third kappa shape index (κ3) is 2.12. The molecule has 1 aromatic heterocycles. The first-order chi connectivity index (χ1) is 7.68. The molecule has 4 nitrogen and oxygen atoms in total. The Hall–Kier alpha value is -1.68. The topological polar surface area (TPSA) is 41.9 Å². The highest BCUT2D eigenvalue weighted by Gasteiger charge is 2.09. The molecule has 16 heavy (non-hydrogen) atoms. The van der Waals surface area contributed by atoms with Gasteiger partial charge in [0.2, 0.25) is 0 Å². The van der Waals surface area contributed by atoms with Crippen molar-refractivity contribution in [3.8, 4) is 11.3 Å². The molecule has 0 amide bonds. The maximum absolute atomic E-state index is 5.84. The van der Waals surface area contributed by atoms with Gasteiger partial charge in [-0.05, 0) is 12.1 Å². The number of hydrogen-bond acceptors (Lipinski definition) is 4. The zero-order chi connectivity index (χ0) is 11.5. The highest BCUT2D eigenvalue weighted by molar-refractivity contribution is 6.30. The van der Waals surface area contributed by atoms with E-state index in [-0.39, 0.29) is 0 Å². The zero-order valence-electron chi connectivity index (χ0n) is 9.05. The predicted octanol–water partition coefficient (Wildman–Crippen LogP) is 2.26. The average Bonchev–Trinajstić information content (AvgIpc) is 2.30. The van der Waals surface area contributed by atoms with Crippen LogP contribution in [0.2, 0.25) is 5.02 Å². The smallest absolute Gasteiger partial charge is 0.158 e. The fourth-order valence-electron chi connectivity index (χ4n) is 1.39. The molecule has 2 rings (SSSR count). The van der Waals surface area contributed by atoms with E-state index in [1.807, 2.05) is 43.3 Å². The van der Waals surface area contributed by atoms with Gasteiger partial charge in [0.1, 0.15) is 12.0 Å². The second-order valence-corrected chi connectivity index (χ2v) is 3.97. The molecule has 0 spiro atoms.